The Balaban J connectivity index is 1.73. The lowest BCUT2D eigenvalue weighted by Crippen LogP contribution is -2.17. The lowest BCUT2D eigenvalue weighted by atomic mass is 10.1. The molecule has 1 aliphatic rings. The number of ether oxygens (including phenoxy) is 1. The molecule has 4 rings (SSSR count). The lowest BCUT2D eigenvalue weighted by molar-refractivity contribution is 0.0771. The van der Waals surface area contributed by atoms with Crippen LogP contribution < -0.4 is 4.74 Å². The first-order valence-corrected chi connectivity index (χ1v) is 11.4. The minimum absolute atomic E-state index is 0.294. The van der Waals surface area contributed by atoms with Gasteiger partial charge in [0, 0.05) is 24.5 Å². The molecule has 2 heterocycles. The van der Waals surface area contributed by atoms with Crippen molar-refractivity contribution in [3.8, 4) is 5.75 Å². The largest absolute Gasteiger partial charge is 0.497 e. The Labute approximate surface area is 175 Å². The van der Waals surface area contributed by atoms with E-state index in [0.29, 0.717) is 13.0 Å². The van der Waals surface area contributed by atoms with Crippen LogP contribution >= 0.6 is 7.75 Å². The number of halogens is 1. The molecule has 1 saturated heterocycles. The average molecular weight is 432 g/mol. The fourth-order valence-corrected chi connectivity index (χ4v) is 5.56. The van der Waals surface area contributed by atoms with Crippen LogP contribution in [-0.2, 0) is 20.0 Å². The second kappa shape index (κ2) is 8.52. The maximum atomic E-state index is 13.8. The fourth-order valence-electron chi connectivity index (χ4n) is 3.67. The number of benzene rings is 2. The summed E-state index contributed by atoms with van der Waals surface area (Å²) in [6.45, 7) is 1.14. The molecule has 0 aliphatic carbocycles. The van der Waals surface area contributed by atoms with Gasteiger partial charge in [-0.15, -0.1) is 0 Å². The van der Waals surface area contributed by atoms with Crippen LogP contribution in [0.25, 0.3) is 10.9 Å². The van der Waals surface area contributed by atoms with Gasteiger partial charge in [0.2, 0.25) is 0 Å². The number of rotatable bonds is 6. The van der Waals surface area contributed by atoms with E-state index in [9.17, 15) is 8.96 Å². The number of nitrogens with zero attached hydrogens (tertiary/aromatic N) is 2. The number of methoxy groups -OCH3 is 1. The molecule has 0 bridgehead atoms. The van der Waals surface area contributed by atoms with Crippen molar-refractivity contribution in [2.75, 3.05) is 34.4 Å². The van der Waals surface area contributed by atoms with E-state index in [1.807, 2.05) is 38.5 Å². The van der Waals surface area contributed by atoms with Crippen LogP contribution in [-0.4, -0.2) is 43.6 Å². The summed E-state index contributed by atoms with van der Waals surface area (Å²) < 4.78 is 45.9. The second-order valence-electron chi connectivity index (χ2n) is 7.67. The number of aromatic nitrogens is 1. The van der Waals surface area contributed by atoms with Crippen molar-refractivity contribution in [1.82, 2.24) is 9.24 Å². The Bertz CT molecular complexity index is 1080. The number of hydrogen-bond donors (Lipinski definition) is 0. The number of hydrogen-bond acceptors (Lipinski definition) is 5. The molecule has 0 radical (unpaired) electrons. The van der Waals surface area contributed by atoms with Crippen molar-refractivity contribution in [3.05, 3.63) is 65.6 Å². The van der Waals surface area contributed by atoms with Crippen LogP contribution in [0.5, 0.6) is 5.75 Å². The molecule has 2 aromatic carbocycles. The van der Waals surface area contributed by atoms with Crippen LogP contribution in [0.3, 0.4) is 0 Å². The highest BCUT2D eigenvalue weighted by atomic mass is 31.2. The Morgan fingerprint density at radius 2 is 2.00 bits per heavy atom. The van der Waals surface area contributed by atoms with Gasteiger partial charge in [0.15, 0.2) is 0 Å². The van der Waals surface area contributed by atoms with Gasteiger partial charge in [-0.1, -0.05) is 12.1 Å². The summed E-state index contributed by atoms with van der Waals surface area (Å²) >= 11 is 0. The smallest absolute Gasteiger partial charge is 0.439 e. The summed E-state index contributed by atoms with van der Waals surface area (Å²) in [6, 6.07) is 11.8. The lowest BCUT2D eigenvalue weighted by Gasteiger charge is -2.30. The molecule has 6 nitrogen and oxygen atoms in total. The van der Waals surface area contributed by atoms with Crippen molar-refractivity contribution < 1.29 is 22.7 Å². The first-order chi connectivity index (χ1) is 14.4. The molecule has 0 N–H and O–H groups in total. The minimum atomic E-state index is -3.63. The molecule has 1 aromatic heterocycles. The third kappa shape index (κ3) is 4.16. The molecular weight excluding hydrogens is 406 g/mol. The van der Waals surface area contributed by atoms with Gasteiger partial charge in [-0.2, -0.15) is 0 Å². The summed E-state index contributed by atoms with van der Waals surface area (Å²) in [5, 5.41) is 0.961. The van der Waals surface area contributed by atoms with Crippen molar-refractivity contribution in [2.45, 2.75) is 18.9 Å². The Kier molecular flexibility index (Phi) is 5.98. The summed E-state index contributed by atoms with van der Waals surface area (Å²) in [6.07, 6.45) is 2.77. The predicted molar refractivity (Wildman–Crippen MR) is 115 cm³/mol. The number of fused-ring (bicyclic) bond motifs is 1. The maximum Gasteiger partial charge on any atom is 0.439 e. The van der Waals surface area contributed by atoms with Crippen LogP contribution in [0.2, 0.25) is 0 Å². The van der Waals surface area contributed by atoms with E-state index in [0.717, 1.165) is 40.7 Å². The zero-order chi connectivity index (χ0) is 21.3. The summed E-state index contributed by atoms with van der Waals surface area (Å²) in [5.41, 5.74) is 2.60. The quantitative estimate of drug-likeness (QED) is 0.512. The average Bonchev–Trinajstić information content (AvgIpc) is 3.11. The van der Waals surface area contributed by atoms with E-state index in [-0.39, 0.29) is 5.82 Å². The van der Waals surface area contributed by atoms with Gasteiger partial charge in [-0.25, -0.2) is 8.96 Å². The normalized spacial score (nSPS) is 22.0. The van der Waals surface area contributed by atoms with Crippen molar-refractivity contribution in [3.63, 3.8) is 0 Å². The Hall–Kier alpha value is -2.18. The Morgan fingerprint density at radius 3 is 2.70 bits per heavy atom. The van der Waals surface area contributed by atoms with Gasteiger partial charge in [0.25, 0.3) is 0 Å². The molecule has 3 aromatic rings. The topological polar surface area (TPSA) is 52.9 Å². The molecule has 0 saturated carbocycles. The zero-order valence-corrected chi connectivity index (χ0v) is 18.3. The molecule has 30 heavy (non-hydrogen) atoms. The van der Waals surface area contributed by atoms with Crippen LogP contribution in [0.4, 0.5) is 4.39 Å². The molecule has 0 spiro atoms. The first kappa shape index (κ1) is 21.1. The molecule has 160 valence electrons. The molecular formula is C22H26FN2O4P. The van der Waals surface area contributed by atoms with Gasteiger partial charge in [0.05, 0.1) is 25.3 Å². The highest BCUT2D eigenvalue weighted by molar-refractivity contribution is 7.52. The van der Waals surface area contributed by atoms with E-state index in [4.69, 9.17) is 13.8 Å². The molecule has 0 amide bonds. The highest BCUT2D eigenvalue weighted by Gasteiger charge is 2.37. The van der Waals surface area contributed by atoms with Gasteiger partial charge < -0.3 is 9.64 Å². The van der Waals surface area contributed by atoms with Crippen molar-refractivity contribution in [2.24, 2.45) is 0 Å². The number of likely N-dealkylation sites (N-methyl/N-ethyl adjacent to an activating group) is 1. The van der Waals surface area contributed by atoms with Gasteiger partial charge in [-0.3, -0.25) is 13.4 Å². The first-order valence-electron chi connectivity index (χ1n) is 9.91. The monoisotopic (exact) mass is 432 g/mol. The minimum Gasteiger partial charge on any atom is -0.497 e. The molecule has 2 unspecified atom stereocenters. The second-order valence-corrected chi connectivity index (χ2v) is 9.51. The van der Waals surface area contributed by atoms with E-state index >= 15 is 0 Å². The standard InChI is InChI=1S/C22H26FN2O4P/c1-24(2)12-10-17-15-25(21-9-8-19(27-3)14-20(17)21)30(26)28-13-11-22(29-30)16-4-6-18(23)7-5-16/h4-9,14-15,22H,10-13H2,1-3H3. The third-order valence-corrected chi connectivity index (χ3v) is 7.19. The highest BCUT2D eigenvalue weighted by Crippen LogP contribution is 2.58. The van der Waals surface area contributed by atoms with Gasteiger partial charge in [-0.05, 0) is 62.0 Å². The predicted octanol–water partition coefficient (Wildman–Crippen LogP) is 5.03. The van der Waals surface area contributed by atoms with Gasteiger partial charge in [0.1, 0.15) is 11.6 Å². The van der Waals surface area contributed by atoms with E-state index in [2.05, 4.69) is 4.90 Å². The summed E-state index contributed by atoms with van der Waals surface area (Å²) in [5.74, 6) is 0.421. The van der Waals surface area contributed by atoms with Crippen LogP contribution in [0.1, 0.15) is 23.7 Å². The molecule has 2 atom stereocenters. The third-order valence-electron chi connectivity index (χ3n) is 5.30. The summed E-state index contributed by atoms with van der Waals surface area (Å²) in [7, 11) is 2.03. The SMILES string of the molecule is COc1ccc2c(c1)c(CCN(C)C)cn2P1(=O)OCCC(c2ccc(F)cc2)O1. The zero-order valence-electron chi connectivity index (χ0n) is 17.4. The summed E-state index contributed by atoms with van der Waals surface area (Å²) in [4.78, 5) is 2.10. The Morgan fingerprint density at radius 1 is 1.23 bits per heavy atom. The maximum absolute atomic E-state index is 13.8. The van der Waals surface area contributed by atoms with Crippen molar-refractivity contribution in [1.29, 1.82) is 0 Å². The fraction of sp³-hybridized carbons (Fsp3) is 0.364. The van der Waals surface area contributed by atoms with E-state index < -0.39 is 13.9 Å². The van der Waals surface area contributed by atoms with E-state index in [1.54, 1.807) is 23.6 Å². The van der Waals surface area contributed by atoms with Crippen molar-refractivity contribution >= 4 is 18.6 Å². The molecule has 8 heteroatoms. The van der Waals surface area contributed by atoms with Gasteiger partial charge >= 0.3 is 7.75 Å². The van der Waals surface area contributed by atoms with Crippen LogP contribution in [0.15, 0.2) is 48.7 Å². The molecule has 1 aliphatic heterocycles. The van der Waals surface area contributed by atoms with E-state index in [1.165, 1.54) is 12.1 Å². The van der Waals surface area contributed by atoms with Crippen LogP contribution in [0, 0.1) is 5.82 Å². The molecule has 1 fully saturated rings.